The highest BCUT2D eigenvalue weighted by Gasteiger charge is 2.26. The SMILES string of the molecule is COC(=O)CC1CCCCN1CC(=O)Nc1ccc(F)cc1Cl. The molecule has 0 bridgehead atoms. The molecule has 1 fully saturated rings. The number of esters is 1. The highest BCUT2D eigenvalue weighted by atomic mass is 35.5. The second kappa shape index (κ2) is 8.26. The van der Waals surface area contributed by atoms with Crippen LogP contribution in [0.15, 0.2) is 18.2 Å². The van der Waals surface area contributed by atoms with Crippen LogP contribution in [0, 0.1) is 5.82 Å². The van der Waals surface area contributed by atoms with Gasteiger partial charge in [0.1, 0.15) is 5.82 Å². The van der Waals surface area contributed by atoms with Gasteiger partial charge in [0.15, 0.2) is 0 Å². The predicted molar refractivity (Wildman–Crippen MR) is 85.9 cm³/mol. The van der Waals surface area contributed by atoms with Gasteiger partial charge in [0.2, 0.25) is 5.91 Å². The van der Waals surface area contributed by atoms with Crippen molar-refractivity contribution >= 4 is 29.2 Å². The normalized spacial score (nSPS) is 18.5. The monoisotopic (exact) mass is 342 g/mol. The van der Waals surface area contributed by atoms with E-state index < -0.39 is 5.82 Å². The Hall–Kier alpha value is -1.66. The maximum Gasteiger partial charge on any atom is 0.307 e. The maximum absolute atomic E-state index is 13.0. The second-order valence-corrected chi connectivity index (χ2v) is 5.98. The summed E-state index contributed by atoms with van der Waals surface area (Å²) in [7, 11) is 1.36. The summed E-state index contributed by atoms with van der Waals surface area (Å²) in [4.78, 5) is 25.7. The summed E-state index contributed by atoms with van der Waals surface area (Å²) in [5.41, 5.74) is 0.375. The third kappa shape index (κ3) is 5.18. The number of likely N-dealkylation sites (tertiary alicyclic amines) is 1. The molecule has 7 heteroatoms. The lowest BCUT2D eigenvalue weighted by molar-refractivity contribution is -0.142. The Labute approximate surface area is 139 Å². The molecule has 2 rings (SSSR count). The molecule has 5 nitrogen and oxygen atoms in total. The molecule has 0 radical (unpaired) electrons. The van der Waals surface area contributed by atoms with Crippen molar-refractivity contribution in [3.63, 3.8) is 0 Å². The first kappa shape index (κ1) is 17.7. The van der Waals surface area contributed by atoms with E-state index in [0.717, 1.165) is 31.9 Å². The van der Waals surface area contributed by atoms with Crippen molar-refractivity contribution in [2.75, 3.05) is 25.5 Å². The zero-order chi connectivity index (χ0) is 16.8. The summed E-state index contributed by atoms with van der Waals surface area (Å²) >= 11 is 5.90. The third-order valence-corrected chi connectivity index (χ3v) is 4.24. The van der Waals surface area contributed by atoms with Crippen molar-refractivity contribution in [3.05, 3.63) is 29.0 Å². The molecular formula is C16H20ClFN2O3. The van der Waals surface area contributed by atoms with E-state index in [9.17, 15) is 14.0 Å². The summed E-state index contributed by atoms with van der Waals surface area (Å²) in [6.07, 6.45) is 3.16. The smallest absolute Gasteiger partial charge is 0.307 e. The van der Waals surface area contributed by atoms with Crippen LogP contribution in [-0.2, 0) is 14.3 Å². The first-order valence-electron chi connectivity index (χ1n) is 7.55. The number of halogens is 2. The molecule has 1 amide bonds. The topological polar surface area (TPSA) is 58.6 Å². The molecular weight excluding hydrogens is 323 g/mol. The second-order valence-electron chi connectivity index (χ2n) is 5.57. The van der Waals surface area contributed by atoms with Crippen LogP contribution in [0.2, 0.25) is 5.02 Å². The van der Waals surface area contributed by atoms with Gasteiger partial charge in [0.05, 0.1) is 30.8 Å². The van der Waals surface area contributed by atoms with Gasteiger partial charge in [0.25, 0.3) is 0 Å². The van der Waals surface area contributed by atoms with Gasteiger partial charge in [-0.2, -0.15) is 0 Å². The standard InChI is InChI=1S/C16H20ClFN2O3/c1-23-16(22)9-12-4-2-3-7-20(12)10-15(21)19-14-6-5-11(18)8-13(14)17/h5-6,8,12H,2-4,7,9-10H2,1H3,(H,19,21). The molecule has 1 aliphatic rings. The highest BCUT2D eigenvalue weighted by Crippen LogP contribution is 2.23. The average Bonchev–Trinajstić information content (AvgIpc) is 2.52. The van der Waals surface area contributed by atoms with Gasteiger partial charge in [0, 0.05) is 6.04 Å². The molecule has 0 saturated carbocycles. The van der Waals surface area contributed by atoms with Gasteiger partial charge in [-0.15, -0.1) is 0 Å². The van der Waals surface area contributed by atoms with Crippen LogP contribution < -0.4 is 5.32 Å². The van der Waals surface area contributed by atoms with E-state index in [-0.39, 0.29) is 35.9 Å². The van der Waals surface area contributed by atoms with Gasteiger partial charge in [-0.05, 0) is 37.6 Å². The van der Waals surface area contributed by atoms with E-state index in [1.807, 2.05) is 4.90 Å². The van der Waals surface area contributed by atoms with E-state index in [2.05, 4.69) is 5.32 Å². The van der Waals surface area contributed by atoms with Crippen LogP contribution >= 0.6 is 11.6 Å². The Kier molecular flexibility index (Phi) is 6.36. The Morgan fingerprint density at radius 3 is 2.91 bits per heavy atom. The van der Waals surface area contributed by atoms with Gasteiger partial charge >= 0.3 is 5.97 Å². The number of carbonyl (C=O) groups is 2. The van der Waals surface area contributed by atoms with E-state index in [4.69, 9.17) is 16.3 Å². The Morgan fingerprint density at radius 1 is 1.43 bits per heavy atom. The number of ether oxygens (including phenoxy) is 1. The minimum Gasteiger partial charge on any atom is -0.469 e. The fourth-order valence-electron chi connectivity index (χ4n) is 2.74. The number of carbonyl (C=O) groups excluding carboxylic acids is 2. The molecule has 1 heterocycles. The van der Waals surface area contributed by atoms with Crippen LogP contribution in [0.25, 0.3) is 0 Å². The van der Waals surface area contributed by atoms with Crippen LogP contribution in [0.5, 0.6) is 0 Å². The number of amides is 1. The van der Waals surface area contributed by atoms with Crippen molar-refractivity contribution in [1.82, 2.24) is 4.90 Å². The first-order valence-corrected chi connectivity index (χ1v) is 7.93. The number of methoxy groups -OCH3 is 1. The molecule has 1 N–H and O–H groups in total. The Balaban J connectivity index is 1.95. The van der Waals surface area contributed by atoms with Gasteiger partial charge in [-0.1, -0.05) is 18.0 Å². The fraction of sp³-hybridized carbons (Fsp3) is 0.500. The van der Waals surface area contributed by atoms with Crippen LogP contribution in [0.4, 0.5) is 10.1 Å². The molecule has 1 aliphatic heterocycles. The largest absolute Gasteiger partial charge is 0.469 e. The van der Waals surface area contributed by atoms with Crippen LogP contribution in [0.1, 0.15) is 25.7 Å². The third-order valence-electron chi connectivity index (χ3n) is 3.93. The molecule has 1 aromatic carbocycles. The number of nitrogens with one attached hydrogen (secondary N) is 1. The lowest BCUT2D eigenvalue weighted by Crippen LogP contribution is -2.45. The molecule has 0 spiro atoms. The molecule has 0 aromatic heterocycles. The lowest BCUT2D eigenvalue weighted by atomic mass is 9.99. The summed E-state index contributed by atoms with van der Waals surface area (Å²) in [5, 5.41) is 2.83. The molecule has 1 aromatic rings. The molecule has 1 atom stereocenters. The Bertz CT molecular complexity index is 582. The number of piperidine rings is 1. The maximum atomic E-state index is 13.0. The lowest BCUT2D eigenvalue weighted by Gasteiger charge is -2.34. The molecule has 0 aliphatic carbocycles. The zero-order valence-electron chi connectivity index (χ0n) is 13.0. The first-order chi connectivity index (χ1) is 11.0. The van der Waals surface area contributed by atoms with E-state index in [1.54, 1.807) is 0 Å². The zero-order valence-corrected chi connectivity index (χ0v) is 13.7. The number of anilines is 1. The number of nitrogens with zero attached hydrogens (tertiary/aromatic N) is 1. The summed E-state index contributed by atoms with van der Waals surface area (Å²) in [6.45, 7) is 0.918. The molecule has 1 unspecified atom stereocenters. The number of benzene rings is 1. The van der Waals surface area contributed by atoms with Crippen molar-refractivity contribution in [1.29, 1.82) is 0 Å². The average molecular weight is 343 g/mol. The highest BCUT2D eigenvalue weighted by molar-refractivity contribution is 6.33. The predicted octanol–water partition coefficient (Wildman–Crippen LogP) is 2.84. The van der Waals surface area contributed by atoms with E-state index >= 15 is 0 Å². The van der Waals surface area contributed by atoms with Crippen molar-refractivity contribution in [2.45, 2.75) is 31.7 Å². The van der Waals surface area contributed by atoms with E-state index in [1.165, 1.54) is 19.2 Å². The van der Waals surface area contributed by atoms with Crippen molar-refractivity contribution in [3.8, 4) is 0 Å². The van der Waals surface area contributed by atoms with Crippen molar-refractivity contribution in [2.24, 2.45) is 0 Å². The fourth-order valence-corrected chi connectivity index (χ4v) is 2.95. The van der Waals surface area contributed by atoms with Crippen LogP contribution in [-0.4, -0.2) is 43.0 Å². The van der Waals surface area contributed by atoms with Crippen LogP contribution in [0.3, 0.4) is 0 Å². The summed E-state index contributed by atoms with van der Waals surface area (Å²) in [6, 6.07) is 3.82. The minimum atomic E-state index is -0.456. The van der Waals surface area contributed by atoms with Gasteiger partial charge < -0.3 is 10.1 Å². The number of hydrogen-bond acceptors (Lipinski definition) is 4. The van der Waals surface area contributed by atoms with Crippen molar-refractivity contribution < 1.29 is 18.7 Å². The summed E-state index contributed by atoms with van der Waals surface area (Å²) < 4.78 is 17.7. The van der Waals surface area contributed by atoms with E-state index in [0.29, 0.717) is 5.69 Å². The Morgan fingerprint density at radius 2 is 2.22 bits per heavy atom. The number of hydrogen-bond donors (Lipinski definition) is 1. The number of rotatable bonds is 5. The molecule has 23 heavy (non-hydrogen) atoms. The van der Waals surface area contributed by atoms with Gasteiger partial charge in [-0.25, -0.2) is 4.39 Å². The van der Waals surface area contributed by atoms with Gasteiger partial charge in [-0.3, -0.25) is 14.5 Å². The minimum absolute atomic E-state index is 0.00522. The molecule has 126 valence electrons. The quantitative estimate of drug-likeness (QED) is 0.836. The summed E-state index contributed by atoms with van der Waals surface area (Å²) in [5.74, 6) is -0.971. The molecule has 1 saturated heterocycles.